The molecule has 0 radical (unpaired) electrons. The second kappa shape index (κ2) is 3.38. The molecule has 0 atom stereocenters. The van der Waals surface area contributed by atoms with Crippen molar-refractivity contribution in [3.05, 3.63) is 35.1 Å². The maximum atomic E-state index is 12.7. The summed E-state index contributed by atoms with van der Waals surface area (Å²) in [6.45, 7) is 0. The number of nitrogens with one attached hydrogen (secondary N) is 1. The van der Waals surface area contributed by atoms with Crippen LogP contribution in [-0.4, -0.2) is 6.21 Å². The Morgan fingerprint density at radius 3 is 2.08 bits per heavy atom. The van der Waals surface area contributed by atoms with Crippen molar-refractivity contribution in [2.24, 2.45) is 0 Å². The molecule has 0 fully saturated rings. The molecule has 0 saturated carbocycles. The van der Waals surface area contributed by atoms with Crippen LogP contribution in [0.4, 0.5) is 13.2 Å². The summed E-state index contributed by atoms with van der Waals surface area (Å²) in [6.07, 6.45) is 0.706. The van der Waals surface area contributed by atoms with Gasteiger partial charge in [-0.2, -0.15) is 0 Å². The highest BCUT2D eigenvalue weighted by molar-refractivity contribution is 5.58. The Labute approximate surface area is 67.3 Å². The first-order valence-corrected chi connectivity index (χ1v) is 3.27. The normalized spacial score (nSPS) is 9.92. The summed E-state index contributed by atoms with van der Waals surface area (Å²) >= 11 is 0. The molecule has 12 heavy (non-hydrogen) atoms. The average Bonchev–Trinajstić information content (AvgIpc) is 1.96. The van der Waals surface area contributed by atoms with Gasteiger partial charge in [0.1, 0.15) is 17.5 Å². The number of halogens is 3. The van der Waals surface area contributed by atoms with Crippen molar-refractivity contribution in [1.82, 2.24) is 0 Å². The Bertz CT molecular complexity index is 286. The topological polar surface area (TPSA) is 23.9 Å². The lowest BCUT2D eigenvalue weighted by atomic mass is 10.1. The van der Waals surface area contributed by atoms with E-state index in [4.69, 9.17) is 5.41 Å². The largest absolute Gasteiger partial charge is 0.313 e. The fraction of sp³-hybridized carbons (Fsp3) is 0.125. The van der Waals surface area contributed by atoms with Gasteiger partial charge < -0.3 is 5.41 Å². The quantitative estimate of drug-likeness (QED) is 0.663. The Hall–Kier alpha value is -1.32. The molecular formula is C8H6F3N. The van der Waals surface area contributed by atoms with Crippen molar-refractivity contribution < 1.29 is 13.2 Å². The van der Waals surface area contributed by atoms with E-state index in [1.165, 1.54) is 0 Å². The SMILES string of the molecule is N=CCc1c(F)cc(F)cc1F. The second-order valence-electron chi connectivity index (χ2n) is 2.26. The van der Waals surface area contributed by atoms with Crippen LogP contribution >= 0.6 is 0 Å². The van der Waals surface area contributed by atoms with Crippen LogP contribution in [0.5, 0.6) is 0 Å². The number of hydrogen-bond donors (Lipinski definition) is 1. The van der Waals surface area contributed by atoms with E-state index >= 15 is 0 Å². The summed E-state index contributed by atoms with van der Waals surface area (Å²) in [5.74, 6) is -2.84. The van der Waals surface area contributed by atoms with Crippen molar-refractivity contribution in [2.75, 3.05) is 0 Å². The highest BCUT2D eigenvalue weighted by atomic mass is 19.1. The summed E-state index contributed by atoms with van der Waals surface area (Å²) in [4.78, 5) is 0. The molecule has 0 saturated heterocycles. The maximum Gasteiger partial charge on any atom is 0.132 e. The predicted octanol–water partition coefficient (Wildman–Crippen LogP) is 2.30. The van der Waals surface area contributed by atoms with Crippen molar-refractivity contribution in [2.45, 2.75) is 6.42 Å². The first-order valence-electron chi connectivity index (χ1n) is 3.27. The lowest BCUT2D eigenvalue weighted by Gasteiger charge is -2.00. The molecule has 0 aliphatic rings. The number of rotatable bonds is 2. The third-order valence-corrected chi connectivity index (χ3v) is 1.41. The van der Waals surface area contributed by atoms with Crippen molar-refractivity contribution in [3.63, 3.8) is 0 Å². The van der Waals surface area contributed by atoms with Gasteiger partial charge in [-0.25, -0.2) is 13.2 Å². The fourth-order valence-electron chi connectivity index (χ4n) is 0.869. The maximum absolute atomic E-state index is 12.7. The minimum atomic E-state index is -0.948. The van der Waals surface area contributed by atoms with E-state index in [1.54, 1.807) is 0 Å². The molecule has 0 unspecified atom stereocenters. The lowest BCUT2D eigenvalue weighted by Crippen LogP contribution is -1.97. The van der Waals surface area contributed by atoms with Gasteiger partial charge in [0.15, 0.2) is 0 Å². The standard InChI is InChI=1S/C8H6F3N/c9-5-3-7(10)6(1-2-12)8(11)4-5/h2-4,12H,1H2. The van der Waals surface area contributed by atoms with Gasteiger partial charge in [0.2, 0.25) is 0 Å². The Morgan fingerprint density at radius 1 is 1.17 bits per heavy atom. The van der Waals surface area contributed by atoms with Gasteiger partial charge in [-0.3, -0.25) is 0 Å². The van der Waals surface area contributed by atoms with E-state index in [1.807, 2.05) is 0 Å². The number of benzene rings is 1. The molecule has 1 aromatic rings. The molecule has 1 N–H and O–H groups in total. The van der Waals surface area contributed by atoms with Gasteiger partial charge in [0, 0.05) is 24.1 Å². The number of hydrogen-bond acceptors (Lipinski definition) is 1. The average molecular weight is 173 g/mol. The Kier molecular flexibility index (Phi) is 2.47. The molecule has 1 rings (SSSR count). The first-order chi connectivity index (χ1) is 5.65. The first kappa shape index (κ1) is 8.77. The zero-order chi connectivity index (χ0) is 9.14. The van der Waals surface area contributed by atoms with Gasteiger partial charge >= 0.3 is 0 Å². The van der Waals surface area contributed by atoms with Gasteiger partial charge in [-0.05, 0) is 6.21 Å². The van der Waals surface area contributed by atoms with E-state index in [0.29, 0.717) is 12.1 Å². The molecule has 64 valence electrons. The Morgan fingerprint density at radius 2 is 1.67 bits per heavy atom. The van der Waals surface area contributed by atoms with Gasteiger partial charge in [-0.1, -0.05) is 0 Å². The zero-order valence-electron chi connectivity index (χ0n) is 6.07. The van der Waals surface area contributed by atoms with Crippen molar-refractivity contribution in [1.29, 1.82) is 5.41 Å². The van der Waals surface area contributed by atoms with Crippen molar-refractivity contribution in [3.8, 4) is 0 Å². The molecule has 0 amide bonds. The molecule has 0 bridgehead atoms. The van der Waals surface area contributed by atoms with Gasteiger partial charge in [0.05, 0.1) is 0 Å². The molecule has 0 spiro atoms. The monoisotopic (exact) mass is 173 g/mol. The molecule has 0 aliphatic heterocycles. The van der Waals surface area contributed by atoms with Crippen LogP contribution < -0.4 is 0 Å². The molecule has 0 aliphatic carbocycles. The fourth-order valence-corrected chi connectivity index (χ4v) is 0.869. The molecule has 1 nitrogen and oxygen atoms in total. The van der Waals surface area contributed by atoms with E-state index in [-0.39, 0.29) is 12.0 Å². The minimum Gasteiger partial charge on any atom is -0.313 e. The van der Waals surface area contributed by atoms with E-state index in [2.05, 4.69) is 0 Å². The summed E-state index contributed by atoms with van der Waals surface area (Å²) < 4.78 is 37.7. The molecule has 0 aromatic heterocycles. The molecule has 4 heteroatoms. The summed E-state index contributed by atoms with van der Waals surface area (Å²) in [7, 11) is 0. The van der Waals surface area contributed by atoms with Crippen LogP contribution in [0, 0.1) is 22.9 Å². The molecular weight excluding hydrogens is 167 g/mol. The lowest BCUT2D eigenvalue weighted by molar-refractivity contribution is 0.530. The van der Waals surface area contributed by atoms with Crippen LogP contribution in [0.15, 0.2) is 12.1 Å². The van der Waals surface area contributed by atoms with Crippen LogP contribution in [0.1, 0.15) is 5.56 Å². The predicted molar refractivity (Wildman–Crippen MR) is 38.8 cm³/mol. The Balaban J connectivity index is 3.18. The van der Waals surface area contributed by atoms with E-state index < -0.39 is 17.5 Å². The third kappa shape index (κ3) is 1.64. The van der Waals surface area contributed by atoms with Gasteiger partial charge in [-0.15, -0.1) is 0 Å². The smallest absolute Gasteiger partial charge is 0.132 e. The third-order valence-electron chi connectivity index (χ3n) is 1.41. The molecule has 1 aromatic carbocycles. The summed E-state index contributed by atoms with van der Waals surface area (Å²) in [5, 5.41) is 6.64. The van der Waals surface area contributed by atoms with Crippen molar-refractivity contribution >= 4 is 6.21 Å². The zero-order valence-corrected chi connectivity index (χ0v) is 6.07. The summed E-state index contributed by atoms with van der Waals surface area (Å²) in [6, 6.07) is 1.20. The van der Waals surface area contributed by atoms with Crippen LogP contribution in [0.3, 0.4) is 0 Å². The van der Waals surface area contributed by atoms with E-state index in [0.717, 1.165) is 6.21 Å². The second-order valence-corrected chi connectivity index (χ2v) is 2.26. The summed E-state index contributed by atoms with van der Waals surface area (Å²) in [5.41, 5.74) is -0.272. The molecule has 0 heterocycles. The van der Waals surface area contributed by atoms with Gasteiger partial charge in [0.25, 0.3) is 0 Å². The van der Waals surface area contributed by atoms with Crippen LogP contribution in [0.25, 0.3) is 0 Å². The highest BCUT2D eigenvalue weighted by Gasteiger charge is 2.09. The minimum absolute atomic E-state index is 0.155. The van der Waals surface area contributed by atoms with Crippen LogP contribution in [0.2, 0.25) is 0 Å². The van der Waals surface area contributed by atoms with E-state index in [9.17, 15) is 13.2 Å². The highest BCUT2D eigenvalue weighted by Crippen LogP contribution is 2.14. The van der Waals surface area contributed by atoms with Crippen LogP contribution in [-0.2, 0) is 6.42 Å².